The number of carbonyl (C=O) groups is 2. The molecule has 0 aliphatic heterocycles. The molecule has 1 atom stereocenters. The molecule has 33 heavy (non-hydrogen) atoms. The number of nitro groups is 1. The lowest BCUT2D eigenvalue weighted by Gasteiger charge is -2.18. The van der Waals surface area contributed by atoms with Gasteiger partial charge in [0.05, 0.1) is 25.2 Å². The normalized spacial score (nSPS) is 11.2. The fraction of sp³-hybridized carbons (Fsp3) is 0.130. The van der Waals surface area contributed by atoms with Crippen molar-refractivity contribution >= 4 is 23.3 Å². The summed E-state index contributed by atoms with van der Waals surface area (Å²) in [7, 11) is 2.60. The Balaban J connectivity index is 1.96. The van der Waals surface area contributed by atoms with E-state index in [2.05, 4.69) is 5.32 Å². The molecule has 0 aromatic heterocycles. The van der Waals surface area contributed by atoms with Crippen molar-refractivity contribution in [1.82, 2.24) is 0 Å². The number of esters is 1. The standard InChI is InChI=1S/C23H19FN2O7/c1-31-19-12-17(18(26(29)30)13-20(19)32-2)23(28)33-21(14-6-4-3-5-7-14)22(27)25-16-10-8-15(24)9-11-16/h3-13,21H,1-2H3,(H,25,27)/t21-/m1/s1. The van der Waals surface area contributed by atoms with Gasteiger partial charge < -0.3 is 19.5 Å². The molecule has 170 valence electrons. The number of amides is 1. The van der Waals surface area contributed by atoms with Crippen LogP contribution in [0, 0.1) is 15.9 Å². The number of hydrogen-bond donors (Lipinski definition) is 1. The van der Waals surface area contributed by atoms with Crippen LogP contribution < -0.4 is 14.8 Å². The molecule has 3 aromatic rings. The minimum absolute atomic E-state index is 0.0504. The molecule has 10 heteroatoms. The Kier molecular flexibility index (Phi) is 7.19. The molecule has 3 aromatic carbocycles. The first kappa shape index (κ1) is 23.2. The van der Waals surface area contributed by atoms with Crippen LogP contribution in [-0.2, 0) is 9.53 Å². The zero-order valence-corrected chi connectivity index (χ0v) is 17.6. The van der Waals surface area contributed by atoms with Gasteiger partial charge in [-0.15, -0.1) is 0 Å². The molecule has 0 saturated heterocycles. The monoisotopic (exact) mass is 454 g/mol. The summed E-state index contributed by atoms with van der Waals surface area (Å²) >= 11 is 0. The highest BCUT2D eigenvalue weighted by molar-refractivity contribution is 6.00. The van der Waals surface area contributed by atoms with Crippen molar-refractivity contribution in [2.75, 3.05) is 19.5 Å². The predicted molar refractivity (Wildman–Crippen MR) is 116 cm³/mol. The summed E-state index contributed by atoms with van der Waals surface area (Å²) < 4.78 is 28.8. The SMILES string of the molecule is COc1cc(C(=O)O[C@@H](C(=O)Nc2ccc(F)cc2)c2ccccc2)c([N+](=O)[O-])cc1OC. The van der Waals surface area contributed by atoms with E-state index in [0.29, 0.717) is 5.56 Å². The van der Waals surface area contributed by atoms with Gasteiger partial charge in [0.15, 0.2) is 11.5 Å². The number of ether oxygens (including phenoxy) is 3. The van der Waals surface area contributed by atoms with Crippen molar-refractivity contribution < 1.29 is 33.1 Å². The van der Waals surface area contributed by atoms with E-state index in [-0.39, 0.29) is 17.2 Å². The van der Waals surface area contributed by atoms with Crippen molar-refractivity contribution in [3.8, 4) is 11.5 Å². The van der Waals surface area contributed by atoms with Gasteiger partial charge >= 0.3 is 5.97 Å². The van der Waals surface area contributed by atoms with Crippen molar-refractivity contribution in [2.45, 2.75) is 6.10 Å². The third-order valence-corrected chi connectivity index (χ3v) is 4.60. The number of rotatable bonds is 8. The molecule has 0 bridgehead atoms. The summed E-state index contributed by atoms with van der Waals surface area (Å²) in [6.45, 7) is 0. The molecule has 0 aliphatic rings. The minimum Gasteiger partial charge on any atom is -0.493 e. The van der Waals surface area contributed by atoms with Crippen LogP contribution in [0.25, 0.3) is 0 Å². The molecule has 0 heterocycles. The maximum atomic E-state index is 13.2. The Morgan fingerprint density at radius 2 is 1.58 bits per heavy atom. The van der Waals surface area contributed by atoms with Gasteiger partial charge in [0.25, 0.3) is 11.6 Å². The number of carbonyl (C=O) groups excluding carboxylic acids is 2. The number of benzene rings is 3. The fourth-order valence-electron chi connectivity index (χ4n) is 3.00. The highest BCUT2D eigenvalue weighted by atomic mass is 19.1. The summed E-state index contributed by atoms with van der Waals surface area (Å²) in [6.07, 6.45) is -1.45. The number of anilines is 1. The van der Waals surface area contributed by atoms with Gasteiger partial charge in [0.2, 0.25) is 6.10 Å². The second kappa shape index (κ2) is 10.2. The maximum absolute atomic E-state index is 13.2. The van der Waals surface area contributed by atoms with Crippen LogP contribution in [0.15, 0.2) is 66.7 Å². The number of nitrogens with one attached hydrogen (secondary N) is 1. The minimum atomic E-state index is -1.45. The smallest absolute Gasteiger partial charge is 0.346 e. The second-order valence-corrected chi connectivity index (χ2v) is 6.67. The Morgan fingerprint density at radius 3 is 2.15 bits per heavy atom. The first-order valence-electron chi connectivity index (χ1n) is 9.56. The van der Waals surface area contributed by atoms with E-state index in [9.17, 15) is 24.1 Å². The summed E-state index contributed by atoms with van der Waals surface area (Å²) in [5, 5.41) is 14.1. The highest BCUT2D eigenvalue weighted by Gasteiger charge is 2.31. The molecule has 0 spiro atoms. The first-order valence-corrected chi connectivity index (χ1v) is 9.56. The van der Waals surface area contributed by atoms with Gasteiger partial charge in [0.1, 0.15) is 11.4 Å². The lowest BCUT2D eigenvalue weighted by Crippen LogP contribution is -2.26. The molecule has 9 nitrogen and oxygen atoms in total. The maximum Gasteiger partial charge on any atom is 0.346 e. The molecule has 1 N–H and O–H groups in total. The van der Waals surface area contributed by atoms with Crippen LogP contribution in [0.3, 0.4) is 0 Å². The number of halogens is 1. The molecular weight excluding hydrogens is 435 g/mol. The van der Waals surface area contributed by atoms with Crippen molar-refractivity contribution in [2.24, 2.45) is 0 Å². The lowest BCUT2D eigenvalue weighted by molar-refractivity contribution is -0.385. The lowest BCUT2D eigenvalue weighted by atomic mass is 10.1. The average Bonchev–Trinajstić information content (AvgIpc) is 2.83. The first-order chi connectivity index (χ1) is 15.8. The van der Waals surface area contributed by atoms with E-state index >= 15 is 0 Å². The summed E-state index contributed by atoms with van der Waals surface area (Å²) in [6, 6.07) is 15.3. The molecule has 0 saturated carbocycles. The second-order valence-electron chi connectivity index (χ2n) is 6.67. The molecule has 0 unspecified atom stereocenters. The van der Waals surface area contributed by atoms with Crippen LogP contribution in [0.2, 0.25) is 0 Å². The molecule has 0 aliphatic carbocycles. The Bertz CT molecular complexity index is 1170. The van der Waals surface area contributed by atoms with Gasteiger partial charge in [-0.25, -0.2) is 9.18 Å². The Morgan fingerprint density at radius 1 is 0.970 bits per heavy atom. The van der Waals surface area contributed by atoms with E-state index in [1.807, 2.05) is 0 Å². The quantitative estimate of drug-likeness (QED) is 0.307. The van der Waals surface area contributed by atoms with Gasteiger partial charge in [-0.3, -0.25) is 14.9 Å². The van der Waals surface area contributed by atoms with Crippen molar-refractivity contribution in [1.29, 1.82) is 0 Å². The Hall–Kier alpha value is -4.47. The number of nitro benzene ring substituents is 1. The van der Waals surface area contributed by atoms with Crippen molar-refractivity contribution in [3.63, 3.8) is 0 Å². The number of methoxy groups -OCH3 is 2. The molecule has 1 amide bonds. The van der Waals surface area contributed by atoms with Gasteiger partial charge in [-0.2, -0.15) is 0 Å². The highest BCUT2D eigenvalue weighted by Crippen LogP contribution is 2.35. The van der Waals surface area contributed by atoms with Gasteiger partial charge in [-0.1, -0.05) is 30.3 Å². The summed E-state index contributed by atoms with van der Waals surface area (Å²) in [4.78, 5) is 36.7. The third kappa shape index (κ3) is 5.42. The predicted octanol–water partition coefficient (Wildman–Crippen LogP) is 4.29. The van der Waals surface area contributed by atoms with E-state index in [0.717, 1.165) is 24.3 Å². The summed E-state index contributed by atoms with van der Waals surface area (Å²) in [5.74, 6) is -2.22. The van der Waals surface area contributed by atoms with Crippen molar-refractivity contribution in [3.05, 3.63) is 93.8 Å². The van der Waals surface area contributed by atoms with E-state index in [1.54, 1.807) is 30.3 Å². The van der Waals surface area contributed by atoms with Crippen LogP contribution >= 0.6 is 0 Å². The number of hydrogen-bond acceptors (Lipinski definition) is 7. The number of nitrogens with zero attached hydrogens (tertiary/aromatic N) is 1. The fourth-order valence-corrected chi connectivity index (χ4v) is 3.00. The van der Waals surface area contributed by atoms with E-state index in [1.165, 1.54) is 26.4 Å². The Labute approximate surface area is 187 Å². The van der Waals surface area contributed by atoms with Crippen LogP contribution in [0.1, 0.15) is 22.0 Å². The van der Waals surface area contributed by atoms with E-state index < -0.39 is 40.0 Å². The third-order valence-electron chi connectivity index (χ3n) is 4.60. The largest absolute Gasteiger partial charge is 0.493 e. The zero-order chi connectivity index (χ0) is 24.0. The average molecular weight is 454 g/mol. The van der Waals surface area contributed by atoms with Gasteiger partial charge in [0, 0.05) is 17.3 Å². The van der Waals surface area contributed by atoms with Crippen LogP contribution in [0.5, 0.6) is 11.5 Å². The van der Waals surface area contributed by atoms with E-state index in [4.69, 9.17) is 14.2 Å². The van der Waals surface area contributed by atoms with Crippen LogP contribution in [0.4, 0.5) is 15.8 Å². The van der Waals surface area contributed by atoms with Gasteiger partial charge in [-0.05, 0) is 24.3 Å². The molecule has 0 radical (unpaired) electrons. The molecular formula is C23H19FN2O7. The molecule has 3 rings (SSSR count). The zero-order valence-electron chi connectivity index (χ0n) is 17.6. The molecule has 0 fully saturated rings. The van der Waals surface area contributed by atoms with Crippen LogP contribution in [-0.4, -0.2) is 31.0 Å². The topological polar surface area (TPSA) is 117 Å². The summed E-state index contributed by atoms with van der Waals surface area (Å²) in [5.41, 5.74) is -0.402.